The number of rotatable bonds is 3. The smallest absolute Gasteiger partial charge is 0.148 e. The van der Waals surface area contributed by atoms with Gasteiger partial charge >= 0.3 is 0 Å². The zero-order valence-electron chi connectivity index (χ0n) is 6.24. The average molecular weight is 220 g/mol. The van der Waals surface area contributed by atoms with E-state index in [1.807, 2.05) is 6.92 Å². The van der Waals surface area contributed by atoms with Crippen molar-refractivity contribution < 1.29 is 5.11 Å². The predicted molar refractivity (Wildman–Crippen MR) is 44.1 cm³/mol. The summed E-state index contributed by atoms with van der Waals surface area (Å²) in [5.74, 6) is 0. The molecule has 1 N–H and O–H groups in total. The van der Waals surface area contributed by atoms with Crippen LogP contribution in [-0.4, -0.2) is 26.7 Å². The van der Waals surface area contributed by atoms with Crippen LogP contribution in [0.25, 0.3) is 0 Å². The predicted octanol–water partition coefficient (Wildman–Crippen LogP) is 0.984. The third-order valence-electron chi connectivity index (χ3n) is 1.42. The minimum absolute atomic E-state index is 0.159. The molecule has 0 radical (unpaired) electrons. The van der Waals surface area contributed by atoms with Gasteiger partial charge in [0.2, 0.25) is 0 Å². The van der Waals surface area contributed by atoms with Crippen LogP contribution in [0.2, 0.25) is 0 Å². The second-order valence-corrected chi connectivity index (χ2v) is 3.16. The van der Waals surface area contributed by atoms with Crippen LogP contribution in [-0.2, 0) is 0 Å². The van der Waals surface area contributed by atoms with Crippen molar-refractivity contribution in [3.8, 4) is 0 Å². The highest BCUT2D eigenvalue weighted by Crippen LogP contribution is 2.09. The fourth-order valence-corrected chi connectivity index (χ4v) is 1.03. The molecule has 4 nitrogen and oxygen atoms in total. The van der Waals surface area contributed by atoms with Crippen molar-refractivity contribution >= 4 is 15.9 Å². The van der Waals surface area contributed by atoms with Gasteiger partial charge in [-0.3, -0.25) is 0 Å². The lowest BCUT2D eigenvalue weighted by atomic mass is 10.3. The van der Waals surface area contributed by atoms with Crippen LogP contribution in [0.3, 0.4) is 0 Å². The van der Waals surface area contributed by atoms with Crippen molar-refractivity contribution in [3.05, 3.63) is 10.8 Å². The first-order valence-electron chi connectivity index (χ1n) is 3.42. The molecule has 0 aliphatic heterocycles. The maximum Gasteiger partial charge on any atom is 0.148 e. The molecule has 0 bridgehead atoms. The Morgan fingerprint density at radius 3 is 3.00 bits per heavy atom. The summed E-state index contributed by atoms with van der Waals surface area (Å²) in [5, 5.41) is 16.6. The van der Waals surface area contributed by atoms with Gasteiger partial charge in [-0.1, -0.05) is 0 Å². The van der Waals surface area contributed by atoms with Gasteiger partial charge in [0.1, 0.15) is 4.60 Å². The number of hydrogen-bond donors (Lipinski definition) is 1. The Bertz CT molecular complexity index is 225. The van der Waals surface area contributed by atoms with Gasteiger partial charge in [0.05, 0.1) is 12.2 Å². The summed E-state index contributed by atoms with van der Waals surface area (Å²) in [6, 6.07) is 0.159. The van der Waals surface area contributed by atoms with Gasteiger partial charge in [0.25, 0.3) is 0 Å². The molecule has 1 heterocycles. The molecule has 1 aromatic rings. The number of nitrogens with zero attached hydrogens (tertiary/aromatic N) is 3. The summed E-state index contributed by atoms with van der Waals surface area (Å²) in [6.07, 6.45) is 2.31. The van der Waals surface area contributed by atoms with Crippen LogP contribution in [0.1, 0.15) is 19.4 Å². The van der Waals surface area contributed by atoms with Crippen molar-refractivity contribution in [2.45, 2.75) is 19.4 Å². The zero-order valence-corrected chi connectivity index (χ0v) is 7.82. The van der Waals surface area contributed by atoms with E-state index in [2.05, 4.69) is 26.1 Å². The second kappa shape index (κ2) is 3.82. The van der Waals surface area contributed by atoms with E-state index >= 15 is 0 Å². The van der Waals surface area contributed by atoms with Crippen molar-refractivity contribution in [1.82, 2.24) is 15.0 Å². The summed E-state index contributed by atoms with van der Waals surface area (Å²) >= 11 is 3.19. The van der Waals surface area contributed by atoms with E-state index in [1.54, 1.807) is 11.0 Å². The summed E-state index contributed by atoms with van der Waals surface area (Å²) in [5.41, 5.74) is 0. The van der Waals surface area contributed by atoms with Crippen molar-refractivity contribution in [2.75, 3.05) is 6.61 Å². The Balaban J connectivity index is 2.60. The van der Waals surface area contributed by atoms with E-state index in [-0.39, 0.29) is 12.6 Å². The van der Waals surface area contributed by atoms with E-state index in [1.165, 1.54) is 0 Å². The molecule has 0 aliphatic carbocycles. The molecule has 1 rings (SSSR count). The maximum absolute atomic E-state index is 8.62. The van der Waals surface area contributed by atoms with Gasteiger partial charge in [0, 0.05) is 6.61 Å². The number of halogens is 1. The fourth-order valence-electron chi connectivity index (χ4n) is 0.771. The van der Waals surface area contributed by atoms with E-state index in [9.17, 15) is 0 Å². The Labute approximate surface area is 73.3 Å². The van der Waals surface area contributed by atoms with Crippen LogP contribution in [0.5, 0.6) is 0 Å². The highest BCUT2D eigenvalue weighted by Gasteiger charge is 2.05. The first kappa shape index (κ1) is 8.67. The highest BCUT2D eigenvalue weighted by atomic mass is 79.9. The van der Waals surface area contributed by atoms with Gasteiger partial charge in [-0.2, -0.15) is 9.90 Å². The number of aromatic nitrogens is 3. The number of aliphatic hydroxyl groups excluding tert-OH is 1. The molecule has 0 amide bonds. The van der Waals surface area contributed by atoms with Gasteiger partial charge in [-0.25, -0.2) is 0 Å². The lowest BCUT2D eigenvalue weighted by molar-refractivity contribution is 0.250. The van der Waals surface area contributed by atoms with Crippen LogP contribution >= 0.6 is 15.9 Å². The minimum Gasteiger partial charge on any atom is -0.396 e. The molecule has 1 aromatic heterocycles. The molecule has 0 fully saturated rings. The first-order valence-corrected chi connectivity index (χ1v) is 4.21. The Morgan fingerprint density at radius 2 is 2.55 bits per heavy atom. The highest BCUT2D eigenvalue weighted by molar-refractivity contribution is 9.10. The lowest BCUT2D eigenvalue weighted by Gasteiger charge is -2.06. The van der Waals surface area contributed by atoms with Crippen molar-refractivity contribution in [3.63, 3.8) is 0 Å². The largest absolute Gasteiger partial charge is 0.396 e. The van der Waals surface area contributed by atoms with Crippen LogP contribution in [0.4, 0.5) is 0 Å². The topological polar surface area (TPSA) is 50.9 Å². The summed E-state index contributed by atoms with van der Waals surface area (Å²) in [6.45, 7) is 2.13. The Kier molecular flexibility index (Phi) is 3.02. The number of hydrogen-bond acceptors (Lipinski definition) is 3. The molecule has 0 aromatic carbocycles. The monoisotopic (exact) mass is 219 g/mol. The molecule has 0 unspecified atom stereocenters. The van der Waals surface area contributed by atoms with Crippen LogP contribution in [0, 0.1) is 0 Å². The molecule has 11 heavy (non-hydrogen) atoms. The van der Waals surface area contributed by atoms with Crippen LogP contribution in [0.15, 0.2) is 10.8 Å². The Morgan fingerprint density at radius 1 is 1.82 bits per heavy atom. The first-order chi connectivity index (χ1) is 5.24. The normalized spacial score (nSPS) is 13.4. The lowest BCUT2D eigenvalue weighted by Crippen LogP contribution is -2.10. The second-order valence-electron chi connectivity index (χ2n) is 2.35. The number of aliphatic hydroxyl groups is 1. The zero-order chi connectivity index (χ0) is 8.27. The van der Waals surface area contributed by atoms with Gasteiger partial charge in [-0.05, 0) is 29.3 Å². The van der Waals surface area contributed by atoms with Crippen molar-refractivity contribution in [2.24, 2.45) is 0 Å². The quantitative estimate of drug-likeness (QED) is 0.826. The molecule has 0 saturated heterocycles. The molecular weight excluding hydrogens is 210 g/mol. The minimum atomic E-state index is 0.159. The summed E-state index contributed by atoms with van der Waals surface area (Å²) < 4.78 is 0.724. The van der Waals surface area contributed by atoms with Gasteiger partial charge in [0.15, 0.2) is 0 Å². The fraction of sp³-hybridized carbons (Fsp3) is 0.667. The molecular formula is C6H10BrN3O. The Hall–Kier alpha value is -0.420. The third-order valence-corrected chi connectivity index (χ3v) is 1.79. The molecule has 0 aliphatic rings. The van der Waals surface area contributed by atoms with E-state index in [4.69, 9.17) is 5.11 Å². The average Bonchev–Trinajstić information content (AvgIpc) is 2.36. The third kappa shape index (κ3) is 2.27. The van der Waals surface area contributed by atoms with Crippen LogP contribution < -0.4 is 0 Å². The van der Waals surface area contributed by atoms with Crippen molar-refractivity contribution in [1.29, 1.82) is 0 Å². The molecule has 0 spiro atoms. The maximum atomic E-state index is 8.62. The SMILES string of the molecule is C[C@@H](CCO)n1ncc(Br)n1. The van der Waals surface area contributed by atoms with E-state index in [0.29, 0.717) is 6.42 Å². The standard InChI is InChI=1S/C6H10BrN3O/c1-5(2-3-11)10-8-4-6(7)9-10/h4-5,11H,2-3H2,1H3/t5-/m0/s1. The van der Waals surface area contributed by atoms with E-state index < -0.39 is 0 Å². The van der Waals surface area contributed by atoms with Gasteiger partial charge < -0.3 is 5.11 Å². The summed E-state index contributed by atoms with van der Waals surface area (Å²) in [7, 11) is 0. The molecule has 0 saturated carbocycles. The van der Waals surface area contributed by atoms with Gasteiger partial charge in [-0.15, -0.1) is 5.10 Å². The molecule has 1 atom stereocenters. The molecule has 62 valence electrons. The van der Waals surface area contributed by atoms with E-state index in [0.717, 1.165) is 4.60 Å². The molecule has 5 heteroatoms. The summed E-state index contributed by atoms with van der Waals surface area (Å²) in [4.78, 5) is 1.58.